The van der Waals surface area contributed by atoms with Crippen molar-refractivity contribution in [2.75, 3.05) is 4.90 Å². The van der Waals surface area contributed by atoms with Crippen LogP contribution in [0.3, 0.4) is 0 Å². The Balaban J connectivity index is 1.69. The lowest BCUT2D eigenvalue weighted by Crippen LogP contribution is -2.17. The molecule has 0 aromatic heterocycles. The van der Waals surface area contributed by atoms with Crippen molar-refractivity contribution in [2.45, 2.75) is 19.3 Å². The standard InChI is InChI=1S/C31H23N/c1-31(2)24-16-8-6-14-22(24)29-25(31)19-20-11-10-18-27-28(20)30(29)23-15-7-9-17-26(23)32(27)21-12-4-3-5-13-21/h3-19H,1-2H3. The third kappa shape index (κ3) is 2.13. The maximum Gasteiger partial charge on any atom is 0.0546 e. The molecule has 0 spiro atoms. The summed E-state index contributed by atoms with van der Waals surface area (Å²) in [6, 6.07) is 37.8. The summed E-state index contributed by atoms with van der Waals surface area (Å²) < 4.78 is 0. The van der Waals surface area contributed by atoms with E-state index in [1.54, 1.807) is 0 Å². The fourth-order valence-corrected chi connectivity index (χ4v) is 5.92. The van der Waals surface area contributed by atoms with Crippen LogP contribution in [0.1, 0.15) is 25.0 Å². The summed E-state index contributed by atoms with van der Waals surface area (Å²) in [6.45, 7) is 4.73. The van der Waals surface area contributed by atoms with E-state index in [4.69, 9.17) is 0 Å². The molecular weight excluding hydrogens is 386 g/mol. The molecule has 0 bridgehead atoms. The maximum atomic E-state index is 2.44. The van der Waals surface area contributed by atoms with E-state index in [0.717, 1.165) is 0 Å². The van der Waals surface area contributed by atoms with Crippen LogP contribution < -0.4 is 4.90 Å². The first-order valence-electron chi connectivity index (χ1n) is 11.3. The molecule has 0 saturated heterocycles. The molecule has 0 N–H and O–H groups in total. The second-order valence-electron chi connectivity index (χ2n) is 9.41. The summed E-state index contributed by atoms with van der Waals surface area (Å²) in [5, 5.41) is 2.66. The largest absolute Gasteiger partial charge is 0.309 e. The highest BCUT2D eigenvalue weighted by Crippen LogP contribution is 2.59. The van der Waals surface area contributed by atoms with E-state index in [0.29, 0.717) is 0 Å². The summed E-state index contributed by atoms with van der Waals surface area (Å²) in [5.41, 5.74) is 12.0. The third-order valence-corrected chi connectivity index (χ3v) is 7.36. The molecule has 0 atom stereocenters. The number of rotatable bonds is 1. The molecule has 7 rings (SSSR count). The van der Waals surface area contributed by atoms with Gasteiger partial charge in [-0.1, -0.05) is 86.6 Å². The summed E-state index contributed by atoms with van der Waals surface area (Å²) in [5.74, 6) is 0. The van der Waals surface area contributed by atoms with Gasteiger partial charge in [0.2, 0.25) is 0 Å². The monoisotopic (exact) mass is 409 g/mol. The van der Waals surface area contributed by atoms with Gasteiger partial charge in [-0.15, -0.1) is 0 Å². The van der Waals surface area contributed by atoms with Gasteiger partial charge in [0.25, 0.3) is 0 Å². The lowest BCUT2D eigenvalue weighted by Gasteiger charge is -2.35. The van der Waals surface area contributed by atoms with Crippen LogP contribution in [-0.2, 0) is 5.41 Å². The van der Waals surface area contributed by atoms with Gasteiger partial charge in [0, 0.05) is 27.6 Å². The van der Waals surface area contributed by atoms with Gasteiger partial charge in [0.1, 0.15) is 0 Å². The Labute approximate surface area is 188 Å². The lowest BCUT2D eigenvalue weighted by atomic mass is 9.79. The van der Waals surface area contributed by atoms with E-state index in [1.807, 2.05) is 0 Å². The van der Waals surface area contributed by atoms with E-state index in [1.165, 1.54) is 61.2 Å². The van der Waals surface area contributed by atoms with Gasteiger partial charge in [-0.05, 0) is 58.0 Å². The molecule has 0 amide bonds. The number of para-hydroxylation sites is 2. The molecule has 1 aliphatic heterocycles. The van der Waals surface area contributed by atoms with Gasteiger partial charge < -0.3 is 4.90 Å². The fourth-order valence-electron chi connectivity index (χ4n) is 5.92. The highest BCUT2D eigenvalue weighted by molar-refractivity contribution is 6.19. The topological polar surface area (TPSA) is 3.24 Å². The molecule has 1 heterocycles. The van der Waals surface area contributed by atoms with E-state index < -0.39 is 0 Å². The number of hydrogen-bond donors (Lipinski definition) is 0. The van der Waals surface area contributed by atoms with E-state index in [2.05, 4.69) is 122 Å². The van der Waals surface area contributed by atoms with Crippen molar-refractivity contribution in [1.29, 1.82) is 0 Å². The van der Waals surface area contributed by atoms with Crippen molar-refractivity contribution in [1.82, 2.24) is 0 Å². The molecule has 2 aliphatic rings. The second-order valence-corrected chi connectivity index (χ2v) is 9.41. The van der Waals surface area contributed by atoms with Crippen LogP contribution in [0.25, 0.3) is 33.0 Å². The minimum Gasteiger partial charge on any atom is -0.309 e. The predicted molar refractivity (Wildman–Crippen MR) is 135 cm³/mol. The summed E-state index contributed by atoms with van der Waals surface area (Å²) >= 11 is 0. The third-order valence-electron chi connectivity index (χ3n) is 7.36. The van der Waals surface area contributed by atoms with Gasteiger partial charge >= 0.3 is 0 Å². The summed E-state index contributed by atoms with van der Waals surface area (Å²) in [7, 11) is 0. The van der Waals surface area contributed by atoms with E-state index in [-0.39, 0.29) is 5.41 Å². The Hall–Kier alpha value is -3.84. The molecule has 5 aromatic rings. The molecule has 0 unspecified atom stereocenters. The van der Waals surface area contributed by atoms with Crippen molar-refractivity contribution in [3.05, 3.63) is 114 Å². The highest BCUT2D eigenvalue weighted by Gasteiger charge is 2.39. The van der Waals surface area contributed by atoms with Crippen LogP contribution in [0.4, 0.5) is 17.1 Å². The first-order chi connectivity index (χ1) is 15.7. The van der Waals surface area contributed by atoms with Crippen molar-refractivity contribution in [3.63, 3.8) is 0 Å². The van der Waals surface area contributed by atoms with Crippen LogP contribution in [0.2, 0.25) is 0 Å². The molecule has 5 aromatic carbocycles. The zero-order valence-electron chi connectivity index (χ0n) is 18.3. The first kappa shape index (κ1) is 17.8. The molecule has 1 nitrogen and oxygen atoms in total. The van der Waals surface area contributed by atoms with Crippen molar-refractivity contribution < 1.29 is 0 Å². The SMILES string of the molecule is CC1(C)c2ccccc2-c2c1cc1cccc3c1c2-c1ccccc1N3c1ccccc1. The normalized spacial score (nSPS) is 14.8. The van der Waals surface area contributed by atoms with Crippen LogP contribution in [0.15, 0.2) is 103 Å². The van der Waals surface area contributed by atoms with Crippen LogP contribution in [0, 0.1) is 0 Å². The molecule has 152 valence electrons. The van der Waals surface area contributed by atoms with Gasteiger partial charge in [-0.25, -0.2) is 0 Å². The number of fused-ring (bicyclic) bond motifs is 6. The smallest absolute Gasteiger partial charge is 0.0546 e. The zero-order valence-corrected chi connectivity index (χ0v) is 18.3. The number of anilines is 3. The van der Waals surface area contributed by atoms with Gasteiger partial charge in [0.15, 0.2) is 0 Å². The highest BCUT2D eigenvalue weighted by atomic mass is 15.2. The van der Waals surface area contributed by atoms with Gasteiger partial charge in [-0.2, -0.15) is 0 Å². The van der Waals surface area contributed by atoms with Crippen LogP contribution in [0.5, 0.6) is 0 Å². The molecule has 0 saturated carbocycles. The second kappa shape index (κ2) is 6.11. The van der Waals surface area contributed by atoms with Crippen LogP contribution >= 0.6 is 0 Å². The number of hydrogen-bond acceptors (Lipinski definition) is 1. The minimum atomic E-state index is -0.0157. The predicted octanol–water partition coefficient (Wildman–Crippen LogP) is 8.60. The summed E-state index contributed by atoms with van der Waals surface area (Å²) in [4.78, 5) is 2.42. The minimum absolute atomic E-state index is 0.0157. The first-order valence-corrected chi connectivity index (χ1v) is 11.3. The summed E-state index contributed by atoms with van der Waals surface area (Å²) in [6.07, 6.45) is 0. The zero-order chi connectivity index (χ0) is 21.4. The van der Waals surface area contributed by atoms with Gasteiger partial charge in [-0.3, -0.25) is 0 Å². The average molecular weight is 410 g/mol. The molecule has 32 heavy (non-hydrogen) atoms. The molecule has 0 fully saturated rings. The Morgan fingerprint density at radius 1 is 0.562 bits per heavy atom. The number of nitrogens with zero attached hydrogens (tertiary/aromatic N) is 1. The van der Waals surface area contributed by atoms with E-state index in [9.17, 15) is 0 Å². The molecule has 1 aliphatic carbocycles. The van der Waals surface area contributed by atoms with Crippen molar-refractivity contribution in [3.8, 4) is 22.3 Å². The molecule has 0 radical (unpaired) electrons. The Morgan fingerprint density at radius 3 is 2.09 bits per heavy atom. The van der Waals surface area contributed by atoms with Gasteiger partial charge in [0.05, 0.1) is 11.4 Å². The van der Waals surface area contributed by atoms with E-state index >= 15 is 0 Å². The Morgan fingerprint density at radius 2 is 1.25 bits per heavy atom. The van der Waals surface area contributed by atoms with Crippen LogP contribution in [-0.4, -0.2) is 0 Å². The van der Waals surface area contributed by atoms with Crippen molar-refractivity contribution in [2.24, 2.45) is 0 Å². The molecule has 1 heteroatoms. The van der Waals surface area contributed by atoms with Crippen molar-refractivity contribution >= 4 is 27.8 Å². The Kier molecular flexibility index (Phi) is 3.40. The Bertz CT molecular complexity index is 1540. The fraction of sp³-hybridized carbons (Fsp3) is 0.0968. The number of benzene rings is 5. The lowest BCUT2D eigenvalue weighted by molar-refractivity contribution is 0.661. The maximum absolute atomic E-state index is 2.44. The average Bonchev–Trinajstić information content (AvgIpc) is 3.06. The quantitative estimate of drug-likeness (QED) is 0.263. The molecular formula is C31H23N.